The summed E-state index contributed by atoms with van der Waals surface area (Å²) in [5.74, 6) is 0.337. The second kappa shape index (κ2) is 2.94. The molecule has 1 saturated carbocycles. The first kappa shape index (κ1) is 7.29. The third kappa shape index (κ3) is 1.62. The number of carbonyl (C=O) groups excluding carboxylic acids is 1. The normalized spacial score (nSPS) is 33.6. The van der Waals surface area contributed by atoms with E-state index >= 15 is 0 Å². The van der Waals surface area contributed by atoms with Gasteiger partial charge in [-0.2, -0.15) is 0 Å². The standard InChI is InChI=1S/C9H15NO/c11-7-8-2-1-5-10(6-8)9-3-4-9/h7-9H,1-6H2. The van der Waals surface area contributed by atoms with Gasteiger partial charge in [0, 0.05) is 18.5 Å². The van der Waals surface area contributed by atoms with Crippen LogP contribution in [-0.4, -0.2) is 30.3 Å². The number of carbonyl (C=O) groups is 1. The first-order valence-electron chi connectivity index (χ1n) is 4.59. The monoisotopic (exact) mass is 153 g/mol. The van der Waals surface area contributed by atoms with E-state index in [0.717, 1.165) is 25.3 Å². The molecule has 1 saturated heterocycles. The van der Waals surface area contributed by atoms with Gasteiger partial charge in [-0.1, -0.05) is 0 Å². The molecule has 1 aliphatic heterocycles. The highest BCUT2D eigenvalue weighted by Crippen LogP contribution is 2.30. The number of piperidine rings is 1. The highest BCUT2D eigenvalue weighted by Gasteiger charge is 2.32. The van der Waals surface area contributed by atoms with Crippen molar-refractivity contribution in [3.05, 3.63) is 0 Å². The Kier molecular flexibility index (Phi) is 1.95. The predicted octanol–water partition coefficient (Wildman–Crippen LogP) is 1.06. The van der Waals surface area contributed by atoms with E-state index in [1.807, 2.05) is 0 Å². The number of aldehydes is 1. The fourth-order valence-corrected chi connectivity index (χ4v) is 1.92. The van der Waals surface area contributed by atoms with Gasteiger partial charge in [-0.05, 0) is 32.2 Å². The molecular weight excluding hydrogens is 138 g/mol. The van der Waals surface area contributed by atoms with Gasteiger partial charge in [-0.25, -0.2) is 0 Å². The van der Waals surface area contributed by atoms with Gasteiger partial charge in [-0.3, -0.25) is 4.90 Å². The van der Waals surface area contributed by atoms with E-state index in [2.05, 4.69) is 4.90 Å². The van der Waals surface area contributed by atoms with Crippen molar-refractivity contribution in [2.45, 2.75) is 31.7 Å². The summed E-state index contributed by atoms with van der Waals surface area (Å²) in [6.45, 7) is 2.27. The number of hydrogen-bond acceptors (Lipinski definition) is 2. The maximum atomic E-state index is 10.5. The van der Waals surface area contributed by atoms with Crippen LogP contribution in [0.15, 0.2) is 0 Å². The molecule has 0 aromatic heterocycles. The van der Waals surface area contributed by atoms with Gasteiger partial charge in [0.25, 0.3) is 0 Å². The maximum absolute atomic E-state index is 10.5. The molecule has 1 unspecified atom stereocenters. The highest BCUT2D eigenvalue weighted by molar-refractivity contribution is 5.54. The Morgan fingerprint density at radius 2 is 2.09 bits per heavy atom. The summed E-state index contributed by atoms with van der Waals surface area (Å²) in [5, 5.41) is 0. The summed E-state index contributed by atoms with van der Waals surface area (Å²) < 4.78 is 0. The SMILES string of the molecule is O=CC1CCCN(C2CC2)C1. The van der Waals surface area contributed by atoms with Crippen molar-refractivity contribution in [3.8, 4) is 0 Å². The van der Waals surface area contributed by atoms with Crippen molar-refractivity contribution in [3.63, 3.8) is 0 Å². The Morgan fingerprint density at radius 1 is 1.27 bits per heavy atom. The molecule has 0 radical (unpaired) electrons. The van der Waals surface area contributed by atoms with Crippen molar-refractivity contribution in [1.29, 1.82) is 0 Å². The van der Waals surface area contributed by atoms with Crippen LogP contribution in [-0.2, 0) is 4.79 Å². The molecule has 0 aromatic rings. The second-order valence-corrected chi connectivity index (χ2v) is 3.76. The smallest absolute Gasteiger partial charge is 0.124 e. The summed E-state index contributed by atoms with van der Waals surface area (Å²) in [6, 6.07) is 0.845. The molecule has 2 rings (SSSR count). The summed E-state index contributed by atoms with van der Waals surface area (Å²) in [7, 11) is 0. The average Bonchev–Trinajstić information content (AvgIpc) is 2.87. The van der Waals surface area contributed by atoms with Crippen LogP contribution in [0.3, 0.4) is 0 Å². The van der Waals surface area contributed by atoms with Crippen LogP contribution >= 0.6 is 0 Å². The number of rotatable bonds is 2. The van der Waals surface area contributed by atoms with Gasteiger partial charge in [-0.15, -0.1) is 0 Å². The minimum Gasteiger partial charge on any atom is -0.303 e. The summed E-state index contributed by atoms with van der Waals surface area (Å²) in [4.78, 5) is 13.0. The molecule has 1 heterocycles. The van der Waals surface area contributed by atoms with E-state index in [4.69, 9.17) is 0 Å². The minimum absolute atomic E-state index is 0.337. The van der Waals surface area contributed by atoms with Gasteiger partial charge in [0.1, 0.15) is 6.29 Å². The van der Waals surface area contributed by atoms with Gasteiger partial charge in [0.15, 0.2) is 0 Å². The second-order valence-electron chi connectivity index (χ2n) is 3.76. The van der Waals surface area contributed by atoms with E-state index in [0.29, 0.717) is 5.92 Å². The molecule has 0 spiro atoms. The van der Waals surface area contributed by atoms with Crippen molar-refractivity contribution in [2.24, 2.45) is 5.92 Å². The quantitative estimate of drug-likeness (QED) is 0.553. The highest BCUT2D eigenvalue weighted by atomic mass is 16.1. The largest absolute Gasteiger partial charge is 0.303 e. The van der Waals surface area contributed by atoms with Gasteiger partial charge >= 0.3 is 0 Å². The van der Waals surface area contributed by atoms with Crippen LogP contribution in [0.1, 0.15) is 25.7 Å². The molecule has 2 nitrogen and oxygen atoms in total. The molecule has 0 aromatic carbocycles. The molecule has 11 heavy (non-hydrogen) atoms. The van der Waals surface area contributed by atoms with Crippen molar-refractivity contribution in [2.75, 3.05) is 13.1 Å². The van der Waals surface area contributed by atoms with Crippen LogP contribution in [0.2, 0.25) is 0 Å². The zero-order chi connectivity index (χ0) is 7.68. The molecule has 1 aliphatic carbocycles. The van der Waals surface area contributed by atoms with Crippen LogP contribution in [0, 0.1) is 5.92 Å². The van der Waals surface area contributed by atoms with Crippen LogP contribution in [0.25, 0.3) is 0 Å². The molecule has 0 amide bonds. The fourth-order valence-electron chi connectivity index (χ4n) is 1.92. The third-order valence-electron chi connectivity index (χ3n) is 2.74. The summed E-state index contributed by atoms with van der Waals surface area (Å²) in [5.41, 5.74) is 0. The lowest BCUT2D eigenvalue weighted by molar-refractivity contribution is -0.112. The topological polar surface area (TPSA) is 20.3 Å². The Labute approximate surface area is 67.6 Å². The number of likely N-dealkylation sites (tertiary alicyclic amines) is 1. The Balaban J connectivity index is 1.86. The van der Waals surface area contributed by atoms with Gasteiger partial charge < -0.3 is 4.79 Å². The van der Waals surface area contributed by atoms with Gasteiger partial charge in [0.2, 0.25) is 0 Å². The molecule has 1 atom stereocenters. The molecular formula is C9H15NO. The minimum atomic E-state index is 0.337. The van der Waals surface area contributed by atoms with Crippen molar-refractivity contribution >= 4 is 6.29 Å². The van der Waals surface area contributed by atoms with Gasteiger partial charge in [0.05, 0.1) is 0 Å². The first-order valence-corrected chi connectivity index (χ1v) is 4.59. The van der Waals surface area contributed by atoms with E-state index in [1.54, 1.807) is 0 Å². The molecule has 62 valence electrons. The number of hydrogen-bond donors (Lipinski definition) is 0. The van der Waals surface area contributed by atoms with Crippen LogP contribution in [0.4, 0.5) is 0 Å². The lowest BCUT2D eigenvalue weighted by atomic mass is 10.00. The summed E-state index contributed by atoms with van der Waals surface area (Å²) in [6.07, 6.45) is 6.21. The Bertz CT molecular complexity index is 154. The van der Waals surface area contributed by atoms with E-state index in [1.165, 1.54) is 25.8 Å². The molecule has 0 N–H and O–H groups in total. The lowest BCUT2D eigenvalue weighted by Crippen LogP contribution is -2.37. The molecule has 2 heteroatoms. The zero-order valence-electron chi connectivity index (χ0n) is 6.83. The summed E-state index contributed by atoms with van der Waals surface area (Å²) >= 11 is 0. The van der Waals surface area contributed by atoms with Crippen LogP contribution in [0.5, 0.6) is 0 Å². The fraction of sp³-hybridized carbons (Fsp3) is 0.889. The van der Waals surface area contributed by atoms with Crippen LogP contribution < -0.4 is 0 Å². The average molecular weight is 153 g/mol. The van der Waals surface area contributed by atoms with E-state index in [-0.39, 0.29) is 0 Å². The Morgan fingerprint density at radius 3 is 2.73 bits per heavy atom. The zero-order valence-corrected chi connectivity index (χ0v) is 6.83. The molecule has 0 bridgehead atoms. The first-order chi connectivity index (χ1) is 5.40. The lowest BCUT2D eigenvalue weighted by Gasteiger charge is -2.29. The molecule has 2 aliphatic rings. The van der Waals surface area contributed by atoms with Crippen molar-refractivity contribution < 1.29 is 4.79 Å². The van der Waals surface area contributed by atoms with Crippen molar-refractivity contribution in [1.82, 2.24) is 4.90 Å². The Hall–Kier alpha value is -0.370. The predicted molar refractivity (Wildman–Crippen MR) is 43.4 cm³/mol. The number of nitrogens with zero attached hydrogens (tertiary/aromatic N) is 1. The van der Waals surface area contributed by atoms with E-state index in [9.17, 15) is 4.79 Å². The third-order valence-corrected chi connectivity index (χ3v) is 2.74. The maximum Gasteiger partial charge on any atom is 0.124 e. The molecule has 2 fully saturated rings. The van der Waals surface area contributed by atoms with E-state index < -0.39 is 0 Å².